The van der Waals surface area contributed by atoms with Gasteiger partial charge in [0.05, 0.1) is 17.5 Å². The van der Waals surface area contributed by atoms with Crippen molar-refractivity contribution in [1.29, 1.82) is 0 Å². The van der Waals surface area contributed by atoms with Gasteiger partial charge in [-0.25, -0.2) is 19.6 Å². The lowest BCUT2D eigenvalue weighted by molar-refractivity contribution is 0.0962. The Hall–Kier alpha value is -3.13. The minimum Gasteiger partial charge on any atom is -0.354 e. The first kappa shape index (κ1) is 18.2. The molecule has 1 fully saturated rings. The largest absolute Gasteiger partial charge is 0.354 e. The summed E-state index contributed by atoms with van der Waals surface area (Å²) in [6, 6.07) is 7.73. The molecule has 8 heteroatoms. The highest BCUT2D eigenvalue weighted by atomic mass is 16.1. The molecule has 0 bridgehead atoms. The zero-order valence-corrected chi connectivity index (χ0v) is 15.9. The van der Waals surface area contributed by atoms with Crippen molar-refractivity contribution in [2.24, 2.45) is 0 Å². The van der Waals surface area contributed by atoms with Crippen molar-refractivity contribution in [3.05, 3.63) is 60.3 Å². The normalized spacial score (nSPS) is 15.0. The Bertz CT molecular complexity index is 918. The molecule has 0 unspecified atom stereocenters. The van der Waals surface area contributed by atoms with Gasteiger partial charge >= 0.3 is 0 Å². The van der Waals surface area contributed by atoms with Crippen LogP contribution in [-0.2, 0) is 0 Å². The Morgan fingerprint density at radius 2 is 1.75 bits per heavy atom. The van der Waals surface area contributed by atoms with Crippen molar-refractivity contribution in [1.82, 2.24) is 29.6 Å². The molecule has 1 saturated heterocycles. The number of rotatable bonds is 6. The van der Waals surface area contributed by atoms with Gasteiger partial charge in [0.2, 0.25) is 0 Å². The minimum absolute atomic E-state index is 0.104. The Labute approximate surface area is 163 Å². The van der Waals surface area contributed by atoms with E-state index >= 15 is 0 Å². The van der Waals surface area contributed by atoms with Crippen LogP contribution in [0, 0.1) is 6.92 Å². The molecule has 8 nitrogen and oxygen atoms in total. The maximum Gasteiger partial charge on any atom is 0.250 e. The van der Waals surface area contributed by atoms with Crippen LogP contribution in [-0.4, -0.2) is 68.1 Å². The van der Waals surface area contributed by atoms with Crippen LogP contribution in [0.1, 0.15) is 22.5 Å². The Balaban J connectivity index is 1.31. The quantitative estimate of drug-likeness (QED) is 0.606. The average Bonchev–Trinajstić information content (AvgIpc) is 3.15. The van der Waals surface area contributed by atoms with E-state index in [1.165, 1.54) is 0 Å². The lowest BCUT2D eigenvalue weighted by Crippen LogP contribution is -2.47. The van der Waals surface area contributed by atoms with Crippen LogP contribution >= 0.6 is 0 Å². The van der Waals surface area contributed by atoms with E-state index in [0.717, 1.165) is 44.2 Å². The van der Waals surface area contributed by atoms with Crippen LogP contribution < -0.4 is 4.90 Å². The maximum absolute atomic E-state index is 12.7. The number of piperazine rings is 1. The third-order valence-electron chi connectivity index (χ3n) is 5.05. The number of anilines is 1. The lowest BCUT2D eigenvalue weighted by atomic mass is 10.1. The predicted octanol–water partition coefficient (Wildman–Crippen LogP) is 1.76. The molecule has 4 rings (SSSR count). The molecule has 4 heterocycles. The molecular formula is C20H23N7O. The van der Waals surface area contributed by atoms with Crippen molar-refractivity contribution in [3.8, 4) is 5.95 Å². The van der Waals surface area contributed by atoms with Crippen LogP contribution in [0.25, 0.3) is 5.95 Å². The fourth-order valence-electron chi connectivity index (χ4n) is 3.42. The predicted molar refractivity (Wildman–Crippen MR) is 106 cm³/mol. The van der Waals surface area contributed by atoms with Crippen molar-refractivity contribution >= 4 is 11.6 Å². The summed E-state index contributed by atoms with van der Waals surface area (Å²) in [7, 11) is 0. The number of hydrogen-bond acceptors (Lipinski definition) is 7. The fourth-order valence-corrected chi connectivity index (χ4v) is 3.42. The molecule has 0 amide bonds. The van der Waals surface area contributed by atoms with E-state index in [0.29, 0.717) is 17.9 Å². The number of pyridine rings is 1. The molecule has 3 aromatic rings. The third kappa shape index (κ3) is 3.91. The van der Waals surface area contributed by atoms with Gasteiger partial charge in [0.25, 0.3) is 5.95 Å². The summed E-state index contributed by atoms with van der Waals surface area (Å²) in [5.41, 5.74) is 1.41. The molecule has 1 aliphatic rings. The number of aromatic nitrogens is 5. The van der Waals surface area contributed by atoms with Crippen LogP contribution in [0.4, 0.5) is 5.82 Å². The highest BCUT2D eigenvalue weighted by Gasteiger charge is 2.20. The van der Waals surface area contributed by atoms with Gasteiger partial charge in [-0.15, -0.1) is 0 Å². The molecule has 0 aliphatic carbocycles. The van der Waals surface area contributed by atoms with Gasteiger partial charge in [-0.3, -0.25) is 9.69 Å². The zero-order chi connectivity index (χ0) is 19.3. The molecule has 0 spiro atoms. The summed E-state index contributed by atoms with van der Waals surface area (Å²) >= 11 is 0. The second kappa shape index (κ2) is 8.26. The molecule has 3 aromatic heterocycles. The van der Waals surface area contributed by atoms with Gasteiger partial charge in [-0.05, 0) is 25.1 Å². The Morgan fingerprint density at radius 3 is 2.46 bits per heavy atom. The summed E-state index contributed by atoms with van der Waals surface area (Å²) in [5, 5.41) is 4.29. The highest BCUT2D eigenvalue weighted by molar-refractivity contribution is 5.97. The Morgan fingerprint density at radius 1 is 1.00 bits per heavy atom. The van der Waals surface area contributed by atoms with Gasteiger partial charge in [0, 0.05) is 57.7 Å². The topological polar surface area (TPSA) is 80.0 Å². The molecule has 1 aliphatic heterocycles. The standard InChI is InChI=1S/C20H23N7O/c1-16-17(15-24-27(16)20-22-8-4-9-23-20)18(28)6-10-25-11-13-26(14-12-25)19-5-2-3-7-21-19/h2-5,7-9,15H,6,10-14H2,1H3. The molecule has 0 atom stereocenters. The smallest absolute Gasteiger partial charge is 0.250 e. The van der Waals surface area contributed by atoms with Crippen LogP contribution in [0.5, 0.6) is 0 Å². The first-order valence-electron chi connectivity index (χ1n) is 9.46. The van der Waals surface area contributed by atoms with Gasteiger partial charge in [0.1, 0.15) is 5.82 Å². The van der Waals surface area contributed by atoms with Crippen molar-refractivity contribution in [2.75, 3.05) is 37.6 Å². The number of ketones is 1. The molecule has 0 N–H and O–H groups in total. The van der Waals surface area contributed by atoms with Crippen molar-refractivity contribution < 1.29 is 4.79 Å². The molecule has 28 heavy (non-hydrogen) atoms. The summed E-state index contributed by atoms with van der Waals surface area (Å²) < 4.78 is 1.61. The van der Waals surface area contributed by atoms with E-state index in [2.05, 4.69) is 29.9 Å². The lowest BCUT2D eigenvalue weighted by Gasteiger charge is -2.35. The average molecular weight is 377 g/mol. The monoisotopic (exact) mass is 377 g/mol. The van der Waals surface area contributed by atoms with Gasteiger partial charge in [0.15, 0.2) is 5.78 Å². The zero-order valence-electron chi connectivity index (χ0n) is 15.9. The van der Waals surface area contributed by atoms with Crippen LogP contribution in [0.2, 0.25) is 0 Å². The first-order valence-corrected chi connectivity index (χ1v) is 9.46. The summed E-state index contributed by atoms with van der Waals surface area (Å²) in [4.78, 5) is 30.1. The SMILES string of the molecule is Cc1c(C(=O)CCN2CCN(c3ccccn3)CC2)cnn1-c1ncccn1. The number of carbonyl (C=O) groups excluding carboxylic acids is 1. The van der Waals surface area contributed by atoms with Crippen LogP contribution in [0.3, 0.4) is 0 Å². The van der Waals surface area contributed by atoms with Crippen LogP contribution in [0.15, 0.2) is 49.1 Å². The molecule has 0 aromatic carbocycles. The summed E-state index contributed by atoms with van der Waals surface area (Å²) in [6.45, 7) is 6.34. The third-order valence-corrected chi connectivity index (χ3v) is 5.05. The Kier molecular flexibility index (Phi) is 5.38. The van der Waals surface area contributed by atoms with Crippen molar-refractivity contribution in [3.63, 3.8) is 0 Å². The highest BCUT2D eigenvalue weighted by Crippen LogP contribution is 2.15. The molecule has 0 radical (unpaired) electrons. The second-order valence-corrected chi connectivity index (χ2v) is 6.79. The van der Waals surface area contributed by atoms with Gasteiger partial charge in [-0.2, -0.15) is 5.10 Å². The number of nitrogens with zero attached hydrogens (tertiary/aromatic N) is 7. The van der Waals surface area contributed by atoms with E-state index in [4.69, 9.17) is 0 Å². The summed E-state index contributed by atoms with van der Waals surface area (Å²) in [6.07, 6.45) is 7.24. The molecular weight excluding hydrogens is 354 g/mol. The van der Waals surface area contributed by atoms with Gasteiger partial charge < -0.3 is 4.90 Å². The number of carbonyl (C=O) groups is 1. The van der Waals surface area contributed by atoms with E-state index in [-0.39, 0.29) is 5.78 Å². The molecule has 144 valence electrons. The van der Waals surface area contributed by atoms with Gasteiger partial charge in [-0.1, -0.05) is 6.07 Å². The number of hydrogen-bond donors (Lipinski definition) is 0. The van der Waals surface area contributed by atoms with E-state index in [9.17, 15) is 4.79 Å². The first-order chi connectivity index (χ1) is 13.7. The minimum atomic E-state index is 0.104. The van der Waals surface area contributed by atoms with E-state index < -0.39 is 0 Å². The van der Waals surface area contributed by atoms with Crippen molar-refractivity contribution in [2.45, 2.75) is 13.3 Å². The fraction of sp³-hybridized carbons (Fsp3) is 0.350. The maximum atomic E-state index is 12.7. The molecule has 0 saturated carbocycles. The van der Waals surface area contributed by atoms with E-state index in [1.807, 2.05) is 31.3 Å². The second-order valence-electron chi connectivity index (χ2n) is 6.79. The number of Topliss-reactive ketones (excluding diaryl/α,β-unsaturated/α-hetero) is 1. The summed E-state index contributed by atoms with van der Waals surface area (Å²) in [5.74, 6) is 1.60. The van der Waals surface area contributed by atoms with E-state index in [1.54, 1.807) is 29.3 Å².